The van der Waals surface area contributed by atoms with E-state index < -0.39 is 0 Å². The van der Waals surface area contributed by atoms with Gasteiger partial charge in [0.05, 0.1) is 23.9 Å². The van der Waals surface area contributed by atoms with E-state index in [0.29, 0.717) is 0 Å². The third-order valence-corrected chi connectivity index (χ3v) is 3.97. The summed E-state index contributed by atoms with van der Waals surface area (Å²) in [6.45, 7) is 2.79. The Morgan fingerprint density at radius 3 is 3.18 bits per heavy atom. The fraction of sp³-hybridized carbons (Fsp3) is 0.750. The molecule has 17 heavy (non-hydrogen) atoms. The molecule has 0 aliphatic carbocycles. The van der Waals surface area contributed by atoms with Gasteiger partial charge in [0.25, 0.3) is 0 Å². The predicted octanol–water partition coefficient (Wildman–Crippen LogP) is 1.64. The summed E-state index contributed by atoms with van der Waals surface area (Å²) in [7, 11) is 1.75. The average molecular weight is 255 g/mol. The Balaban J connectivity index is 2.13. The van der Waals surface area contributed by atoms with Crippen molar-refractivity contribution in [1.29, 1.82) is 0 Å². The lowest BCUT2D eigenvalue weighted by Gasteiger charge is -2.32. The average Bonchev–Trinajstić information content (AvgIpc) is 2.78. The Hall–Kier alpha value is -0.490. The maximum absolute atomic E-state index is 6.31. The highest BCUT2D eigenvalue weighted by Gasteiger charge is 2.29. The standard InChI is InChI=1S/C12H21N3OS/c1-16-7-6-15-5-3-2-4-10(13)12(15)11-8-17-9-14-11/h8-10,12H,2-7,13H2,1H3. The second-order valence-corrected chi connectivity index (χ2v) is 5.27. The van der Waals surface area contributed by atoms with Crippen molar-refractivity contribution >= 4 is 11.3 Å². The van der Waals surface area contributed by atoms with Crippen LogP contribution in [0.15, 0.2) is 10.9 Å². The fourth-order valence-electron chi connectivity index (χ4n) is 2.50. The summed E-state index contributed by atoms with van der Waals surface area (Å²) in [4.78, 5) is 6.87. The number of hydrogen-bond acceptors (Lipinski definition) is 5. The lowest BCUT2D eigenvalue weighted by molar-refractivity contribution is 0.113. The molecule has 0 amide bonds. The molecule has 96 valence electrons. The number of thiazole rings is 1. The molecule has 2 N–H and O–H groups in total. The zero-order chi connectivity index (χ0) is 12.1. The molecule has 0 aromatic carbocycles. The van der Waals surface area contributed by atoms with Crippen molar-refractivity contribution in [3.05, 3.63) is 16.6 Å². The topological polar surface area (TPSA) is 51.4 Å². The van der Waals surface area contributed by atoms with Gasteiger partial charge in [-0.1, -0.05) is 6.42 Å². The molecule has 0 bridgehead atoms. The molecule has 0 saturated carbocycles. The van der Waals surface area contributed by atoms with E-state index in [1.54, 1.807) is 18.4 Å². The Labute approximate surface area is 107 Å². The third kappa shape index (κ3) is 3.25. The van der Waals surface area contributed by atoms with Gasteiger partial charge < -0.3 is 10.5 Å². The van der Waals surface area contributed by atoms with Crippen LogP contribution in [0.2, 0.25) is 0 Å². The van der Waals surface area contributed by atoms with Crippen LogP contribution < -0.4 is 5.73 Å². The Morgan fingerprint density at radius 1 is 1.59 bits per heavy atom. The first-order valence-corrected chi connectivity index (χ1v) is 7.14. The van der Waals surface area contributed by atoms with Crippen LogP contribution >= 0.6 is 11.3 Å². The van der Waals surface area contributed by atoms with Crippen molar-refractivity contribution in [2.24, 2.45) is 5.73 Å². The molecular weight excluding hydrogens is 234 g/mol. The van der Waals surface area contributed by atoms with Crippen LogP contribution in [-0.4, -0.2) is 42.7 Å². The molecular formula is C12H21N3OS. The summed E-state index contributed by atoms with van der Waals surface area (Å²) in [6, 6.07) is 0.454. The Kier molecular flexibility index (Phi) is 4.91. The van der Waals surface area contributed by atoms with Crippen molar-refractivity contribution in [3.8, 4) is 0 Å². The second kappa shape index (κ2) is 6.44. The van der Waals surface area contributed by atoms with Gasteiger partial charge in [0.2, 0.25) is 0 Å². The number of ether oxygens (including phenoxy) is 1. The molecule has 0 spiro atoms. The van der Waals surface area contributed by atoms with Gasteiger partial charge in [0.15, 0.2) is 0 Å². The summed E-state index contributed by atoms with van der Waals surface area (Å²) in [5.74, 6) is 0. The molecule has 4 nitrogen and oxygen atoms in total. The van der Waals surface area contributed by atoms with Crippen molar-refractivity contribution in [3.63, 3.8) is 0 Å². The summed E-state index contributed by atoms with van der Waals surface area (Å²) < 4.78 is 5.19. The van der Waals surface area contributed by atoms with Crippen LogP contribution in [0.5, 0.6) is 0 Å². The number of nitrogens with two attached hydrogens (primary N) is 1. The summed E-state index contributed by atoms with van der Waals surface area (Å²) in [5, 5.41) is 2.12. The maximum Gasteiger partial charge on any atom is 0.0795 e. The van der Waals surface area contributed by atoms with Gasteiger partial charge in [-0.25, -0.2) is 4.98 Å². The quantitative estimate of drug-likeness (QED) is 0.888. The molecule has 0 radical (unpaired) electrons. The number of rotatable bonds is 4. The lowest BCUT2D eigenvalue weighted by Crippen LogP contribution is -2.41. The molecule has 2 rings (SSSR count). The largest absolute Gasteiger partial charge is 0.383 e. The number of nitrogens with zero attached hydrogens (tertiary/aromatic N) is 2. The molecule has 1 saturated heterocycles. The minimum atomic E-state index is 0.191. The molecule has 1 aromatic heterocycles. The smallest absolute Gasteiger partial charge is 0.0795 e. The summed E-state index contributed by atoms with van der Waals surface area (Å²) in [5.41, 5.74) is 9.33. The molecule has 1 aliphatic heterocycles. The van der Waals surface area contributed by atoms with Gasteiger partial charge in [-0.3, -0.25) is 4.90 Å². The van der Waals surface area contributed by atoms with Crippen molar-refractivity contribution in [2.45, 2.75) is 31.3 Å². The normalized spacial score (nSPS) is 26.9. The van der Waals surface area contributed by atoms with Crippen LogP contribution in [0, 0.1) is 0 Å². The van der Waals surface area contributed by atoms with Gasteiger partial charge in [-0.15, -0.1) is 11.3 Å². The van der Waals surface area contributed by atoms with E-state index >= 15 is 0 Å². The summed E-state index contributed by atoms with van der Waals surface area (Å²) in [6.07, 6.45) is 3.52. The van der Waals surface area contributed by atoms with Crippen molar-refractivity contribution in [2.75, 3.05) is 26.8 Å². The third-order valence-electron chi connectivity index (χ3n) is 3.37. The zero-order valence-corrected chi connectivity index (χ0v) is 11.2. The molecule has 5 heteroatoms. The molecule has 2 unspecified atom stereocenters. The number of aromatic nitrogens is 1. The molecule has 2 atom stereocenters. The molecule has 2 heterocycles. The van der Waals surface area contributed by atoms with E-state index in [4.69, 9.17) is 10.5 Å². The monoisotopic (exact) mass is 255 g/mol. The highest BCUT2D eigenvalue weighted by molar-refractivity contribution is 7.07. The SMILES string of the molecule is COCCN1CCCCC(N)C1c1cscn1. The van der Waals surface area contributed by atoms with Gasteiger partial charge in [-0.05, 0) is 19.4 Å². The highest BCUT2D eigenvalue weighted by atomic mass is 32.1. The predicted molar refractivity (Wildman–Crippen MR) is 70.1 cm³/mol. The Morgan fingerprint density at radius 2 is 2.47 bits per heavy atom. The van der Waals surface area contributed by atoms with E-state index in [1.807, 2.05) is 5.51 Å². The van der Waals surface area contributed by atoms with Crippen LogP contribution in [0.3, 0.4) is 0 Å². The maximum atomic E-state index is 6.31. The first-order chi connectivity index (χ1) is 8.33. The van der Waals surface area contributed by atoms with Crippen LogP contribution in [-0.2, 0) is 4.74 Å². The first kappa shape index (κ1) is 13.0. The van der Waals surface area contributed by atoms with Crippen molar-refractivity contribution < 1.29 is 4.74 Å². The zero-order valence-electron chi connectivity index (χ0n) is 10.3. The Bertz CT molecular complexity index is 318. The first-order valence-electron chi connectivity index (χ1n) is 6.19. The van der Waals surface area contributed by atoms with E-state index in [-0.39, 0.29) is 12.1 Å². The van der Waals surface area contributed by atoms with Crippen LogP contribution in [0.1, 0.15) is 31.0 Å². The van der Waals surface area contributed by atoms with E-state index in [1.165, 1.54) is 12.8 Å². The van der Waals surface area contributed by atoms with Gasteiger partial charge in [-0.2, -0.15) is 0 Å². The van der Waals surface area contributed by atoms with Crippen LogP contribution in [0.4, 0.5) is 0 Å². The summed E-state index contributed by atoms with van der Waals surface area (Å²) >= 11 is 1.64. The second-order valence-electron chi connectivity index (χ2n) is 4.55. The minimum absolute atomic E-state index is 0.191. The van der Waals surface area contributed by atoms with E-state index in [9.17, 15) is 0 Å². The minimum Gasteiger partial charge on any atom is -0.383 e. The van der Waals surface area contributed by atoms with E-state index in [0.717, 1.165) is 31.8 Å². The molecule has 1 aliphatic rings. The van der Waals surface area contributed by atoms with Gasteiger partial charge in [0, 0.05) is 25.1 Å². The number of methoxy groups -OCH3 is 1. The van der Waals surface area contributed by atoms with Crippen LogP contribution in [0.25, 0.3) is 0 Å². The van der Waals surface area contributed by atoms with Gasteiger partial charge >= 0.3 is 0 Å². The van der Waals surface area contributed by atoms with E-state index in [2.05, 4.69) is 15.3 Å². The highest BCUT2D eigenvalue weighted by Crippen LogP contribution is 2.28. The van der Waals surface area contributed by atoms with Crippen molar-refractivity contribution in [1.82, 2.24) is 9.88 Å². The van der Waals surface area contributed by atoms with Gasteiger partial charge in [0.1, 0.15) is 0 Å². The number of hydrogen-bond donors (Lipinski definition) is 1. The fourth-order valence-corrected chi connectivity index (χ4v) is 3.08. The lowest BCUT2D eigenvalue weighted by atomic mass is 10.0. The number of likely N-dealkylation sites (tertiary alicyclic amines) is 1. The molecule has 1 fully saturated rings. The molecule has 1 aromatic rings.